The van der Waals surface area contributed by atoms with Crippen molar-refractivity contribution >= 4 is 11.6 Å². The van der Waals surface area contributed by atoms with Crippen LogP contribution in [0, 0.1) is 0 Å². The van der Waals surface area contributed by atoms with Crippen LogP contribution >= 0.6 is 11.6 Å². The molecule has 2 unspecified atom stereocenters. The summed E-state index contributed by atoms with van der Waals surface area (Å²) in [4.78, 5) is 2.48. The molecule has 1 N–H and O–H groups in total. The van der Waals surface area contributed by atoms with E-state index in [0.717, 1.165) is 30.5 Å². The van der Waals surface area contributed by atoms with E-state index in [1.807, 2.05) is 24.3 Å². The number of halogens is 1. The molecule has 1 saturated carbocycles. The van der Waals surface area contributed by atoms with Gasteiger partial charge >= 0.3 is 0 Å². The van der Waals surface area contributed by atoms with Gasteiger partial charge in [0.1, 0.15) is 0 Å². The molecular weight excluding hydrogens is 246 g/mol. The Bertz CT molecular complexity index is 429. The Morgan fingerprint density at radius 1 is 1.33 bits per heavy atom. The molecule has 0 aromatic heterocycles. The van der Waals surface area contributed by atoms with Gasteiger partial charge in [0.2, 0.25) is 0 Å². The molecule has 2 aliphatic rings. The average molecular weight is 266 g/mol. The lowest BCUT2D eigenvalue weighted by Crippen LogP contribution is -2.36. The second-order valence-corrected chi connectivity index (χ2v) is 6.42. The van der Waals surface area contributed by atoms with Crippen LogP contribution in [-0.2, 0) is 6.42 Å². The number of hydrogen-bond acceptors (Lipinski definition) is 2. The summed E-state index contributed by atoms with van der Waals surface area (Å²) in [6.07, 6.45) is 4.23. The van der Waals surface area contributed by atoms with Crippen molar-refractivity contribution in [3.8, 4) is 0 Å². The Hall–Kier alpha value is -0.570. The minimum Gasteiger partial charge on any atom is -0.388 e. The lowest BCUT2D eigenvalue weighted by molar-refractivity contribution is 0.0487. The van der Waals surface area contributed by atoms with Crippen LogP contribution in [0.2, 0.25) is 5.02 Å². The van der Waals surface area contributed by atoms with E-state index in [9.17, 15) is 5.11 Å². The first-order valence-corrected chi connectivity index (χ1v) is 7.16. The van der Waals surface area contributed by atoms with E-state index in [2.05, 4.69) is 11.8 Å². The van der Waals surface area contributed by atoms with Gasteiger partial charge in [-0.2, -0.15) is 0 Å². The molecule has 98 valence electrons. The third-order valence-electron chi connectivity index (χ3n) is 4.18. The summed E-state index contributed by atoms with van der Waals surface area (Å²) >= 11 is 5.89. The smallest absolute Gasteiger partial charge is 0.0829 e. The highest BCUT2D eigenvalue weighted by Crippen LogP contribution is 2.38. The van der Waals surface area contributed by atoms with Gasteiger partial charge in [-0.15, -0.1) is 0 Å². The van der Waals surface area contributed by atoms with Gasteiger partial charge in [0.25, 0.3) is 0 Å². The second-order valence-electron chi connectivity index (χ2n) is 5.98. The first-order valence-electron chi connectivity index (χ1n) is 6.78. The van der Waals surface area contributed by atoms with Crippen LogP contribution in [0.15, 0.2) is 24.3 Å². The highest BCUT2D eigenvalue weighted by molar-refractivity contribution is 6.30. The van der Waals surface area contributed by atoms with E-state index in [0.29, 0.717) is 6.04 Å². The van der Waals surface area contributed by atoms with Gasteiger partial charge in [0.05, 0.1) is 5.60 Å². The van der Waals surface area contributed by atoms with Crippen molar-refractivity contribution in [3.63, 3.8) is 0 Å². The molecule has 0 amide bonds. The Balaban J connectivity index is 1.70. The number of benzene rings is 1. The standard InChI is InChI=1S/C15H20ClNO/c1-11-8-15(18,10-17(11)14-6-7-14)9-12-2-4-13(16)5-3-12/h2-5,11,14,18H,6-10H2,1H3. The van der Waals surface area contributed by atoms with Gasteiger partial charge in [0, 0.05) is 30.1 Å². The molecule has 1 aromatic rings. The van der Waals surface area contributed by atoms with Crippen molar-refractivity contribution in [2.45, 2.75) is 50.3 Å². The van der Waals surface area contributed by atoms with E-state index in [-0.39, 0.29) is 0 Å². The fourth-order valence-corrected chi connectivity index (χ4v) is 3.36. The Labute approximate surface area is 114 Å². The van der Waals surface area contributed by atoms with Crippen LogP contribution in [-0.4, -0.2) is 34.2 Å². The lowest BCUT2D eigenvalue weighted by Gasteiger charge is -2.23. The van der Waals surface area contributed by atoms with Gasteiger partial charge < -0.3 is 5.11 Å². The molecule has 2 nitrogen and oxygen atoms in total. The van der Waals surface area contributed by atoms with Gasteiger partial charge in [-0.25, -0.2) is 0 Å². The largest absolute Gasteiger partial charge is 0.388 e. The summed E-state index contributed by atoms with van der Waals surface area (Å²) < 4.78 is 0. The Morgan fingerprint density at radius 3 is 2.61 bits per heavy atom. The van der Waals surface area contributed by atoms with Gasteiger partial charge in [0.15, 0.2) is 0 Å². The van der Waals surface area contributed by atoms with E-state index < -0.39 is 5.60 Å². The number of likely N-dealkylation sites (tertiary alicyclic amines) is 1. The molecule has 3 rings (SSSR count). The summed E-state index contributed by atoms with van der Waals surface area (Å²) in [5, 5.41) is 11.5. The summed E-state index contributed by atoms with van der Waals surface area (Å²) in [6, 6.07) is 9.08. The topological polar surface area (TPSA) is 23.5 Å². The molecule has 3 heteroatoms. The maximum atomic E-state index is 10.8. The maximum Gasteiger partial charge on any atom is 0.0829 e. The number of nitrogens with zero attached hydrogens (tertiary/aromatic N) is 1. The third kappa shape index (κ3) is 2.56. The van der Waals surface area contributed by atoms with Crippen LogP contribution < -0.4 is 0 Å². The molecule has 1 aliphatic carbocycles. The fourth-order valence-electron chi connectivity index (χ4n) is 3.23. The fraction of sp³-hybridized carbons (Fsp3) is 0.600. The van der Waals surface area contributed by atoms with Gasteiger partial charge in [-0.3, -0.25) is 4.90 Å². The Morgan fingerprint density at radius 2 is 2.00 bits per heavy atom. The van der Waals surface area contributed by atoms with Crippen LogP contribution in [0.1, 0.15) is 31.7 Å². The Kier molecular flexibility index (Phi) is 3.13. The van der Waals surface area contributed by atoms with E-state index in [1.54, 1.807) is 0 Å². The van der Waals surface area contributed by atoms with Crippen LogP contribution in [0.25, 0.3) is 0 Å². The number of hydrogen-bond donors (Lipinski definition) is 1. The highest BCUT2D eigenvalue weighted by atomic mass is 35.5. The number of aliphatic hydroxyl groups is 1. The number of rotatable bonds is 3. The molecule has 1 aliphatic heterocycles. The molecule has 1 saturated heterocycles. The van der Waals surface area contributed by atoms with Crippen molar-refractivity contribution in [2.24, 2.45) is 0 Å². The predicted molar refractivity (Wildman–Crippen MR) is 73.9 cm³/mol. The molecule has 1 aromatic carbocycles. The third-order valence-corrected chi connectivity index (χ3v) is 4.43. The molecule has 2 fully saturated rings. The monoisotopic (exact) mass is 265 g/mol. The van der Waals surface area contributed by atoms with Crippen molar-refractivity contribution < 1.29 is 5.11 Å². The quantitative estimate of drug-likeness (QED) is 0.909. The highest BCUT2D eigenvalue weighted by Gasteiger charge is 2.45. The van der Waals surface area contributed by atoms with Crippen molar-refractivity contribution in [1.29, 1.82) is 0 Å². The first-order chi connectivity index (χ1) is 8.56. The second kappa shape index (κ2) is 4.52. The predicted octanol–water partition coefficient (Wildman–Crippen LogP) is 2.87. The van der Waals surface area contributed by atoms with E-state index >= 15 is 0 Å². The van der Waals surface area contributed by atoms with Crippen molar-refractivity contribution in [2.75, 3.05) is 6.54 Å². The van der Waals surface area contributed by atoms with Crippen LogP contribution in [0.5, 0.6) is 0 Å². The summed E-state index contributed by atoms with van der Waals surface area (Å²) in [5.74, 6) is 0. The van der Waals surface area contributed by atoms with Crippen LogP contribution in [0.4, 0.5) is 0 Å². The molecule has 1 heterocycles. The minimum absolute atomic E-state index is 0.509. The van der Waals surface area contributed by atoms with Crippen LogP contribution in [0.3, 0.4) is 0 Å². The van der Waals surface area contributed by atoms with E-state index in [4.69, 9.17) is 11.6 Å². The lowest BCUT2D eigenvalue weighted by atomic mass is 9.92. The van der Waals surface area contributed by atoms with Gasteiger partial charge in [-0.05, 0) is 43.9 Å². The zero-order chi connectivity index (χ0) is 12.8. The summed E-state index contributed by atoms with van der Waals surface area (Å²) in [6.45, 7) is 3.06. The molecular formula is C15H20ClNO. The molecule has 0 bridgehead atoms. The zero-order valence-electron chi connectivity index (χ0n) is 10.8. The maximum absolute atomic E-state index is 10.8. The van der Waals surface area contributed by atoms with Gasteiger partial charge in [-0.1, -0.05) is 23.7 Å². The SMILES string of the molecule is CC1CC(O)(Cc2ccc(Cl)cc2)CN1C1CC1. The van der Waals surface area contributed by atoms with E-state index in [1.165, 1.54) is 18.4 Å². The first kappa shape index (κ1) is 12.5. The average Bonchev–Trinajstić information content (AvgIpc) is 3.09. The van der Waals surface area contributed by atoms with Crippen molar-refractivity contribution in [1.82, 2.24) is 4.90 Å². The summed E-state index contributed by atoms with van der Waals surface area (Å²) in [5.41, 5.74) is 0.613. The van der Waals surface area contributed by atoms with Crippen molar-refractivity contribution in [3.05, 3.63) is 34.9 Å². The minimum atomic E-state index is -0.560. The molecule has 0 radical (unpaired) electrons. The molecule has 0 spiro atoms. The summed E-state index contributed by atoms with van der Waals surface area (Å²) in [7, 11) is 0. The normalized spacial score (nSPS) is 32.9. The zero-order valence-corrected chi connectivity index (χ0v) is 11.5. The number of β-amino-alcohol motifs (C(OH)–C–C–N with tert-alkyl or cyclic N) is 1. The molecule has 18 heavy (non-hydrogen) atoms. The molecule has 2 atom stereocenters.